The maximum absolute atomic E-state index is 10.2. The van der Waals surface area contributed by atoms with Gasteiger partial charge in [-0.3, -0.25) is 10.1 Å². The highest BCUT2D eigenvalue weighted by atomic mass is 16.6. The molecule has 0 saturated carbocycles. The van der Waals surface area contributed by atoms with Crippen LogP contribution in [0.2, 0.25) is 0 Å². The van der Waals surface area contributed by atoms with E-state index in [9.17, 15) is 10.1 Å². The first-order valence-electron chi connectivity index (χ1n) is 3.75. The maximum atomic E-state index is 10.2. The van der Waals surface area contributed by atoms with E-state index in [0.717, 1.165) is 5.57 Å². The molecule has 2 N–H and O–H groups in total. The van der Waals surface area contributed by atoms with Gasteiger partial charge in [-0.05, 0) is 19.1 Å². The molecule has 0 aliphatic carbocycles. The van der Waals surface area contributed by atoms with Gasteiger partial charge < -0.3 is 10.2 Å². The Bertz CT molecular complexity index is 341. The summed E-state index contributed by atoms with van der Waals surface area (Å²) in [6.45, 7) is 2.24. The van der Waals surface area contributed by atoms with Crippen molar-refractivity contribution in [3.05, 3.63) is 33.6 Å². The fraction of sp³-hybridized carbons (Fsp3) is 0.250. The van der Waals surface area contributed by atoms with Crippen molar-refractivity contribution in [3.63, 3.8) is 0 Å². The lowest BCUT2D eigenvalue weighted by molar-refractivity contribution is -0.402. The zero-order chi connectivity index (χ0) is 9.84. The summed E-state index contributed by atoms with van der Waals surface area (Å²) in [5.41, 5.74) is 6.25. The molecule has 0 radical (unpaired) electrons. The summed E-state index contributed by atoms with van der Waals surface area (Å²) in [6.07, 6.45) is 1.67. The summed E-state index contributed by atoms with van der Waals surface area (Å²) in [5, 5.41) is 10.2. The molecule has 0 amide bonds. The maximum Gasteiger partial charge on any atom is 0.433 e. The molecule has 5 heteroatoms. The minimum absolute atomic E-state index is 0.254. The molecule has 1 aromatic heterocycles. The fourth-order valence-corrected chi connectivity index (χ4v) is 0.820. The van der Waals surface area contributed by atoms with Crippen LogP contribution < -0.4 is 5.73 Å². The highest BCUT2D eigenvalue weighted by Gasteiger charge is 2.09. The highest BCUT2D eigenvalue weighted by molar-refractivity contribution is 5.48. The van der Waals surface area contributed by atoms with Crippen LogP contribution in [0.15, 0.2) is 22.1 Å². The van der Waals surface area contributed by atoms with Crippen LogP contribution in [0.5, 0.6) is 0 Å². The van der Waals surface area contributed by atoms with E-state index in [0.29, 0.717) is 12.3 Å². The molecular formula is C8H10N2O3. The third-order valence-corrected chi connectivity index (χ3v) is 1.50. The zero-order valence-electron chi connectivity index (χ0n) is 7.19. The van der Waals surface area contributed by atoms with E-state index in [1.807, 2.05) is 6.92 Å². The van der Waals surface area contributed by atoms with Gasteiger partial charge in [0, 0.05) is 6.54 Å². The molecule has 0 atom stereocenters. The molecule has 1 heterocycles. The van der Waals surface area contributed by atoms with Gasteiger partial charge in [0.05, 0.1) is 6.07 Å². The largest absolute Gasteiger partial charge is 0.433 e. The molecule has 0 spiro atoms. The van der Waals surface area contributed by atoms with Crippen molar-refractivity contribution >= 4 is 12.0 Å². The van der Waals surface area contributed by atoms with Crippen LogP contribution in [0.3, 0.4) is 0 Å². The first kappa shape index (κ1) is 9.47. The number of hydrogen-bond donors (Lipinski definition) is 1. The normalized spacial score (nSPS) is 11.7. The van der Waals surface area contributed by atoms with Crippen LogP contribution in [-0.2, 0) is 0 Å². The lowest BCUT2D eigenvalue weighted by Crippen LogP contribution is -1.98. The Balaban J connectivity index is 2.86. The summed E-state index contributed by atoms with van der Waals surface area (Å²) in [5.74, 6) is 0.200. The van der Waals surface area contributed by atoms with Crippen molar-refractivity contribution in [3.8, 4) is 0 Å². The third kappa shape index (κ3) is 2.41. The molecule has 1 rings (SSSR count). The van der Waals surface area contributed by atoms with Crippen LogP contribution in [-0.4, -0.2) is 11.5 Å². The second kappa shape index (κ2) is 3.86. The fourth-order valence-electron chi connectivity index (χ4n) is 0.820. The van der Waals surface area contributed by atoms with Gasteiger partial charge >= 0.3 is 5.88 Å². The third-order valence-electron chi connectivity index (χ3n) is 1.50. The first-order valence-corrected chi connectivity index (χ1v) is 3.75. The molecule has 1 aromatic rings. The molecule has 0 aliphatic rings. The summed E-state index contributed by atoms with van der Waals surface area (Å²) in [6, 6.07) is 2.85. The van der Waals surface area contributed by atoms with E-state index >= 15 is 0 Å². The number of nitrogens with two attached hydrogens (primary N) is 1. The second-order valence-corrected chi connectivity index (χ2v) is 2.63. The first-order chi connectivity index (χ1) is 6.13. The SMILES string of the molecule is CC(=Cc1ccc([N+](=O)[O-])o1)CN. The molecule has 5 nitrogen and oxygen atoms in total. The zero-order valence-corrected chi connectivity index (χ0v) is 7.19. The van der Waals surface area contributed by atoms with Crippen molar-refractivity contribution in [1.82, 2.24) is 0 Å². The van der Waals surface area contributed by atoms with E-state index in [1.165, 1.54) is 12.1 Å². The van der Waals surface area contributed by atoms with Crippen molar-refractivity contribution in [1.29, 1.82) is 0 Å². The molecule has 70 valence electrons. The predicted molar refractivity (Wildman–Crippen MR) is 48.1 cm³/mol. The predicted octanol–water partition coefficient (Wildman–Crippen LogP) is 1.55. The van der Waals surface area contributed by atoms with Gasteiger partial charge in [0.2, 0.25) is 0 Å². The Morgan fingerprint density at radius 2 is 2.46 bits per heavy atom. The Hall–Kier alpha value is -1.62. The van der Waals surface area contributed by atoms with Crippen LogP contribution in [0, 0.1) is 10.1 Å². The average Bonchev–Trinajstić information content (AvgIpc) is 2.52. The minimum Gasteiger partial charge on any atom is -0.401 e. The molecule has 13 heavy (non-hydrogen) atoms. The van der Waals surface area contributed by atoms with E-state index in [-0.39, 0.29) is 5.88 Å². The number of furan rings is 1. The monoisotopic (exact) mass is 182 g/mol. The van der Waals surface area contributed by atoms with Crippen molar-refractivity contribution in [2.75, 3.05) is 6.54 Å². The van der Waals surface area contributed by atoms with Gasteiger partial charge in [0.1, 0.15) is 10.7 Å². The van der Waals surface area contributed by atoms with E-state index in [1.54, 1.807) is 6.08 Å². The van der Waals surface area contributed by atoms with Crippen molar-refractivity contribution in [2.24, 2.45) is 5.73 Å². The second-order valence-electron chi connectivity index (χ2n) is 2.63. The molecule has 0 unspecified atom stereocenters. The number of nitrogens with zero attached hydrogens (tertiary/aromatic N) is 1. The molecule has 0 aliphatic heterocycles. The van der Waals surface area contributed by atoms with Crippen LogP contribution in [0.4, 0.5) is 5.88 Å². The van der Waals surface area contributed by atoms with Gasteiger partial charge in [-0.15, -0.1) is 0 Å². The number of nitro groups is 1. The number of hydrogen-bond acceptors (Lipinski definition) is 4. The number of rotatable bonds is 3. The average molecular weight is 182 g/mol. The Morgan fingerprint density at radius 3 is 2.92 bits per heavy atom. The Kier molecular flexibility index (Phi) is 2.81. The molecule has 0 fully saturated rings. The Morgan fingerprint density at radius 1 is 1.77 bits per heavy atom. The lowest BCUT2D eigenvalue weighted by Gasteiger charge is -1.91. The van der Waals surface area contributed by atoms with Gasteiger partial charge in [0.15, 0.2) is 0 Å². The summed E-state index contributed by atoms with van der Waals surface area (Å²) in [4.78, 5) is 9.66. The summed E-state index contributed by atoms with van der Waals surface area (Å²) >= 11 is 0. The van der Waals surface area contributed by atoms with Gasteiger partial charge in [0.25, 0.3) is 0 Å². The molecule has 0 saturated heterocycles. The highest BCUT2D eigenvalue weighted by Crippen LogP contribution is 2.17. The van der Waals surface area contributed by atoms with Crippen molar-refractivity contribution < 1.29 is 9.34 Å². The van der Waals surface area contributed by atoms with Gasteiger partial charge in [-0.25, -0.2) is 0 Å². The van der Waals surface area contributed by atoms with E-state index in [4.69, 9.17) is 10.2 Å². The molecular weight excluding hydrogens is 172 g/mol. The topological polar surface area (TPSA) is 82.3 Å². The summed E-state index contributed by atoms with van der Waals surface area (Å²) < 4.78 is 4.89. The molecule has 0 bridgehead atoms. The van der Waals surface area contributed by atoms with Gasteiger partial charge in [-0.2, -0.15) is 0 Å². The van der Waals surface area contributed by atoms with E-state index in [2.05, 4.69) is 0 Å². The van der Waals surface area contributed by atoms with Crippen LogP contribution in [0.25, 0.3) is 6.08 Å². The quantitative estimate of drug-likeness (QED) is 0.567. The van der Waals surface area contributed by atoms with Gasteiger partial charge in [-0.1, -0.05) is 5.57 Å². The van der Waals surface area contributed by atoms with Crippen LogP contribution in [0.1, 0.15) is 12.7 Å². The smallest absolute Gasteiger partial charge is 0.401 e. The minimum atomic E-state index is -0.574. The van der Waals surface area contributed by atoms with E-state index < -0.39 is 4.92 Å². The summed E-state index contributed by atoms with van der Waals surface area (Å²) in [7, 11) is 0. The van der Waals surface area contributed by atoms with Crippen LogP contribution >= 0.6 is 0 Å². The lowest BCUT2D eigenvalue weighted by atomic mass is 10.2. The standard InChI is InChI=1S/C8H10N2O3/c1-6(5-9)4-7-2-3-8(13-7)10(11)12/h2-4H,5,9H2,1H3. The molecule has 0 aromatic carbocycles. The Labute approximate surface area is 75.0 Å². The van der Waals surface area contributed by atoms with Crippen molar-refractivity contribution in [2.45, 2.75) is 6.92 Å².